The van der Waals surface area contributed by atoms with Crippen molar-refractivity contribution in [3.8, 4) is 16.9 Å². The van der Waals surface area contributed by atoms with E-state index in [1.807, 2.05) is 36.4 Å². The van der Waals surface area contributed by atoms with Crippen LogP contribution >= 0.6 is 11.6 Å². The number of ether oxygens (including phenoxy) is 1. The topological polar surface area (TPSA) is 46.5 Å². The first-order valence-corrected chi connectivity index (χ1v) is 9.70. The molecule has 3 aromatic rings. The number of rotatable bonds is 4. The summed E-state index contributed by atoms with van der Waals surface area (Å²) in [6.07, 6.45) is 2.62. The molecular formula is C24H21ClO3. The number of carboxylic acids is 1. The smallest absolute Gasteiger partial charge is 0.335 e. The second kappa shape index (κ2) is 7.33. The molecule has 0 saturated heterocycles. The fraction of sp³-hybridized carbons (Fsp3) is 0.208. The minimum absolute atomic E-state index is 0.275. The van der Waals surface area contributed by atoms with E-state index in [0.717, 1.165) is 46.7 Å². The Morgan fingerprint density at radius 1 is 1.07 bits per heavy atom. The number of aromatic carboxylic acids is 1. The van der Waals surface area contributed by atoms with Gasteiger partial charge in [-0.2, -0.15) is 0 Å². The Labute approximate surface area is 169 Å². The highest BCUT2D eigenvalue weighted by atomic mass is 35.5. The van der Waals surface area contributed by atoms with Gasteiger partial charge in [0.05, 0.1) is 5.56 Å². The Morgan fingerprint density at radius 3 is 2.64 bits per heavy atom. The van der Waals surface area contributed by atoms with Gasteiger partial charge in [0.15, 0.2) is 0 Å². The molecule has 1 atom stereocenters. The van der Waals surface area contributed by atoms with Crippen molar-refractivity contribution in [1.29, 1.82) is 0 Å². The van der Waals surface area contributed by atoms with Gasteiger partial charge in [0, 0.05) is 11.4 Å². The van der Waals surface area contributed by atoms with Gasteiger partial charge in [-0.15, -0.1) is 0 Å². The highest BCUT2D eigenvalue weighted by molar-refractivity contribution is 6.30. The van der Waals surface area contributed by atoms with Crippen LogP contribution in [0.15, 0.2) is 66.7 Å². The number of carbonyl (C=O) groups is 1. The molecule has 3 aromatic carbocycles. The van der Waals surface area contributed by atoms with Crippen molar-refractivity contribution in [3.05, 3.63) is 88.4 Å². The molecule has 142 valence electrons. The van der Waals surface area contributed by atoms with Crippen LogP contribution in [0.1, 0.15) is 34.8 Å². The summed E-state index contributed by atoms with van der Waals surface area (Å²) in [5.41, 5.74) is 4.24. The molecule has 1 N–H and O–H groups in total. The number of halogens is 1. The summed E-state index contributed by atoms with van der Waals surface area (Å²) in [5, 5.41) is 9.96. The molecule has 3 nitrogen and oxygen atoms in total. The van der Waals surface area contributed by atoms with Gasteiger partial charge in [-0.05, 0) is 78.4 Å². The third-order valence-electron chi connectivity index (χ3n) is 5.25. The second-order valence-corrected chi connectivity index (χ2v) is 8.00. The SMILES string of the molecule is C[C@]1(Cc2cccc(Cl)c2)CCc2cc(-c3cccc(C(=O)O)c3)ccc2O1. The summed E-state index contributed by atoms with van der Waals surface area (Å²) < 4.78 is 6.38. The van der Waals surface area contributed by atoms with Crippen LogP contribution in [0.4, 0.5) is 0 Å². The normalized spacial score (nSPS) is 18.2. The van der Waals surface area contributed by atoms with Crippen LogP contribution in [-0.4, -0.2) is 16.7 Å². The van der Waals surface area contributed by atoms with Crippen LogP contribution in [0.2, 0.25) is 5.02 Å². The summed E-state index contributed by atoms with van der Waals surface area (Å²) in [4.78, 5) is 11.2. The third-order valence-corrected chi connectivity index (χ3v) is 5.49. The van der Waals surface area contributed by atoms with Gasteiger partial charge in [0.1, 0.15) is 11.4 Å². The molecule has 1 aliphatic rings. The van der Waals surface area contributed by atoms with Crippen LogP contribution in [0.5, 0.6) is 5.75 Å². The van der Waals surface area contributed by atoms with Crippen LogP contribution in [-0.2, 0) is 12.8 Å². The number of carboxylic acid groups (broad SMARTS) is 1. The van der Waals surface area contributed by atoms with Crippen molar-refractivity contribution in [2.45, 2.75) is 31.8 Å². The van der Waals surface area contributed by atoms with E-state index in [1.54, 1.807) is 18.2 Å². The number of fused-ring (bicyclic) bond motifs is 1. The molecule has 28 heavy (non-hydrogen) atoms. The molecule has 1 heterocycles. The Bertz CT molecular complexity index is 1040. The quantitative estimate of drug-likeness (QED) is 0.589. The monoisotopic (exact) mass is 392 g/mol. The van der Waals surface area contributed by atoms with Gasteiger partial charge in [-0.3, -0.25) is 0 Å². The fourth-order valence-electron chi connectivity index (χ4n) is 3.80. The van der Waals surface area contributed by atoms with Crippen LogP contribution < -0.4 is 4.74 Å². The van der Waals surface area contributed by atoms with Gasteiger partial charge in [-0.1, -0.05) is 41.9 Å². The van der Waals surface area contributed by atoms with Gasteiger partial charge in [0.25, 0.3) is 0 Å². The first-order chi connectivity index (χ1) is 13.4. The molecule has 0 aliphatic carbocycles. The second-order valence-electron chi connectivity index (χ2n) is 7.57. The Balaban J connectivity index is 1.57. The van der Waals surface area contributed by atoms with Gasteiger partial charge in [0.2, 0.25) is 0 Å². The zero-order chi connectivity index (χ0) is 19.7. The maximum absolute atomic E-state index is 11.2. The molecule has 4 rings (SSSR count). The van der Waals surface area contributed by atoms with E-state index in [1.165, 1.54) is 5.56 Å². The first kappa shape index (κ1) is 18.6. The number of aryl methyl sites for hydroxylation is 1. The highest BCUT2D eigenvalue weighted by Crippen LogP contribution is 2.37. The van der Waals surface area contributed by atoms with E-state index < -0.39 is 5.97 Å². The lowest BCUT2D eigenvalue weighted by Crippen LogP contribution is -2.38. The predicted molar refractivity (Wildman–Crippen MR) is 111 cm³/mol. The summed E-state index contributed by atoms with van der Waals surface area (Å²) >= 11 is 6.12. The summed E-state index contributed by atoms with van der Waals surface area (Å²) in [6.45, 7) is 2.14. The number of hydrogen-bond donors (Lipinski definition) is 1. The molecule has 1 aliphatic heterocycles. The summed E-state index contributed by atoms with van der Waals surface area (Å²) in [6, 6.07) is 21.0. The standard InChI is InChI=1S/C24H21ClO3/c1-24(15-16-4-2-7-21(25)12-16)11-10-19-13-18(8-9-22(19)28-24)17-5-3-6-20(14-17)23(26)27/h2-9,12-14H,10-11,15H2,1H3,(H,26,27)/t24-/m1/s1. The van der Waals surface area contributed by atoms with E-state index in [0.29, 0.717) is 5.56 Å². The fourth-order valence-corrected chi connectivity index (χ4v) is 4.02. The van der Waals surface area contributed by atoms with Gasteiger partial charge < -0.3 is 9.84 Å². The van der Waals surface area contributed by atoms with E-state index in [-0.39, 0.29) is 5.60 Å². The van der Waals surface area contributed by atoms with E-state index in [2.05, 4.69) is 19.1 Å². The van der Waals surface area contributed by atoms with Gasteiger partial charge in [-0.25, -0.2) is 4.79 Å². The molecule has 0 saturated carbocycles. The lowest BCUT2D eigenvalue weighted by Gasteiger charge is -2.36. The van der Waals surface area contributed by atoms with Crippen molar-refractivity contribution in [3.63, 3.8) is 0 Å². The molecular weight excluding hydrogens is 372 g/mol. The summed E-state index contributed by atoms with van der Waals surface area (Å²) in [5.74, 6) is -0.0196. The highest BCUT2D eigenvalue weighted by Gasteiger charge is 2.32. The van der Waals surface area contributed by atoms with Crippen molar-refractivity contribution < 1.29 is 14.6 Å². The minimum atomic E-state index is -0.917. The zero-order valence-electron chi connectivity index (χ0n) is 15.6. The van der Waals surface area contributed by atoms with Crippen molar-refractivity contribution in [2.75, 3.05) is 0 Å². The molecule has 4 heteroatoms. The maximum Gasteiger partial charge on any atom is 0.335 e. The molecule has 0 bridgehead atoms. The lowest BCUT2D eigenvalue weighted by atomic mass is 9.86. The predicted octanol–water partition coefficient (Wildman–Crippen LogP) is 6.03. The third kappa shape index (κ3) is 3.90. The molecule has 0 amide bonds. The van der Waals surface area contributed by atoms with Crippen molar-refractivity contribution in [2.24, 2.45) is 0 Å². The molecule has 0 spiro atoms. The van der Waals surface area contributed by atoms with E-state index in [4.69, 9.17) is 16.3 Å². The number of hydrogen-bond acceptors (Lipinski definition) is 2. The van der Waals surface area contributed by atoms with Gasteiger partial charge >= 0.3 is 5.97 Å². The van der Waals surface area contributed by atoms with Crippen molar-refractivity contribution in [1.82, 2.24) is 0 Å². The zero-order valence-corrected chi connectivity index (χ0v) is 16.4. The molecule has 0 aromatic heterocycles. The van der Waals surface area contributed by atoms with Crippen LogP contribution in [0.3, 0.4) is 0 Å². The minimum Gasteiger partial charge on any atom is -0.487 e. The molecule has 0 unspecified atom stereocenters. The Kier molecular flexibility index (Phi) is 4.86. The van der Waals surface area contributed by atoms with Crippen molar-refractivity contribution >= 4 is 17.6 Å². The van der Waals surface area contributed by atoms with E-state index >= 15 is 0 Å². The Morgan fingerprint density at radius 2 is 1.86 bits per heavy atom. The van der Waals surface area contributed by atoms with Crippen LogP contribution in [0, 0.1) is 0 Å². The molecule has 0 fully saturated rings. The average Bonchev–Trinajstić information content (AvgIpc) is 2.67. The lowest BCUT2D eigenvalue weighted by molar-refractivity contribution is 0.0653. The average molecular weight is 393 g/mol. The summed E-state index contributed by atoms with van der Waals surface area (Å²) in [7, 11) is 0. The van der Waals surface area contributed by atoms with E-state index in [9.17, 15) is 9.90 Å². The number of benzene rings is 3. The first-order valence-electron chi connectivity index (χ1n) is 9.32. The molecule has 0 radical (unpaired) electrons. The maximum atomic E-state index is 11.2. The largest absolute Gasteiger partial charge is 0.487 e. The Hall–Kier alpha value is -2.78. The van der Waals surface area contributed by atoms with Crippen LogP contribution in [0.25, 0.3) is 11.1 Å².